The van der Waals surface area contributed by atoms with Gasteiger partial charge >= 0.3 is 5.97 Å². The van der Waals surface area contributed by atoms with Gasteiger partial charge in [0.25, 0.3) is 5.91 Å². The number of halogens is 1. The number of nitrogens with one attached hydrogen (secondary N) is 1. The zero-order chi connectivity index (χ0) is 16.1. The van der Waals surface area contributed by atoms with Gasteiger partial charge in [-0.2, -0.15) is 0 Å². The Balaban J connectivity index is 1.96. The molecule has 2 rings (SSSR count). The molecule has 0 fully saturated rings. The Morgan fingerprint density at radius 2 is 1.91 bits per heavy atom. The maximum absolute atomic E-state index is 13.3. The molecular formula is C15H12FNO5. The maximum atomic E-state index is 13.3. The average Bonchev–Trinajstić information content (AvgIpc) is 2.46. The fourth-order valence-corrected chi connectivity index (χ4v) is 1.69. The molecule has 114 valence electrons. The number of aromatic carboxylic acids is 1. The molecule has 2 aromatic carbocycles. The lowest BCUT2D eigenvalue weighted by molar-refractivity contribution is -0.118. The second kappa shape index (κ2) is 6.57. The topological polar surface area (TPSA) is 95.9 Å². The largest absolute Gasteiger partial charge is 0.507 e. The van der Waals surface area contributed by atoms with Gasteiger partial charge in [-0.15, -0.1) is 0 Å². The molecule has 0 saturated carbocycles. The number of ether oxygens (including phenoxy) is 1. The number of phenols is 1. The number of hydrogen-bond donors (Lipinski definition) is 3. The van der Waals surface area contributed by atoms with Crippen LogP contribution in [0.25, 0.3) is 0 Å². The number of rotatable bonds is 5. The molecule has 1 amide bonds. The van der Waals surface area contributed by atoms with Crippen LogP contribution < -0.4 is 10.1 Å². The number of aromatic hydroxyl groups is 1. The third-order valence-corrected chi connectivity index (χ3v) is 2.71. The van der Waals surface area contributed by atoms with Gasteiger partial charge in [-0.1, -0.05) is 12.1 Å². The van der Waals surface area contributed by atoms with E-state index in [4.69, 9.17) is 9.84 Å². The number of carboxylic acid groups (broad SMARTS) is 1. The summed E-state index contributed by atoms with van der Waals surface area (Å²) >= 11 is 0. The second-order valence-electron chi connectivity index (χ2n) is 4.30. The predicted octanol–water partition coefficient (Wildman–Crippen LogP) is 2.25. The van der Waals surface area contributed by atoms with Crippen molar-refractivity contribution in [1.82, 2.24) is 0 Å². The minimum Gasteiger partial charge on any atom is -0.507 e. The van der Waals surface area contributed by atoms with Crippen molar-refractivity contribution in [2.75, 3.05) is 11.9 Å². The van der Waals surface area contributed by atoms with Crippen LogP contribution >= 0.6 is 0 Å². The van der Waals surface area contributed by atoms with Crippen molar-refractivity contribution in [2.24, 2.45) is 0 Å². The normalized spacial score (nSPS) is 10.0. The molecule has 0 saturated heterocycles. The minimum absolute atomic E-state index is 0.0540. The van der Waals surface area contributed by atoms with E-state index in [1.165, 1.54) is 24.3 Å². The lowest BCUT2D eigenvalue weighted by atomic mass is 10.2. The Kier molecular flexibility index (Phi) is 4.57. The monoisotopic (exact) mass is 305 g/mol. The lowest BCUT2D eigenvalue weighted by Gasteiger charge is -2.09. The fourth-order valence-electron chi connectivity index (χ4n) is 1.69. The molecule has 0 spiro atoms. The van der Waals surface area contributed by atoms with Crippen LogP contribution in [-0.4, -0.2) is 28.7 Å². The van der Waals surface area contributed by atoms with Crippen molar-refractivity contribution in [2.45, 2.75) is 0 Å². The zero-order valence-electron chi connectivity index (χ0n) is 11.2. The van der Waals surface area contributed by atoms with Crippen LogP contribution in [0.5, 0.6) is 11.5 Å². The Hall–Kier alpha value is -3.09. The highest BCUT2D eigenvalue weighted by molar-refractivity contribution is 5.95. The smallest absolute Gasteiger partial charge is 0.339 e. The third kappa shape index (κ3) is 3.72. The molecule has 6 nitrogen and oxygen atoms in total. The highest BCUT2D eigenvalue weighted by Crippen LogP contribution is 2.22. The number of hydrogen-bond acceptors (Lipinski definition) is 4. The van der Waals surface area contributed by atoms with E-state index in [-0.39, 0.29) is 17.0 Å². The Bertz CT molecular complexity index is 717. The Labute approximate surface area is 124 Å². The predicted molar refractivity (Wildman–Crippen MR) is 75.6 cm³/mol. The summed E-state index contributed by atoms with van der Waals surface area (Å²) in [4.78, 5) is 22.4. The van der Waals surface area contributed by atoms with Crippen LogP contribution in [0.2, 0.25) is 0 Å². The Morgan fingerprint density at radius 1 is 1.18 bits per heavy atom. The zero-order valence-corrected chi connectivity index (χ0v) is 11.2. The SMILES string of the molecule is O=C(COc1ccccc1F)Nc1ccc(C(=O)O)c(O)c1. The van der Waals surface area contributed by atoms with Gasteiger partial charge in [-0.25, -0.2) is 9.18 Å². The number of para-hydroxylation sites is 1. The molecule has 0 unspecified atom stereocenters. The molecule has 7 heteroatoms. The maximum Gasteiger partial charge on any atom is 0.339 e. The van der Waals surface area contributed by atoms with Gasteiger partial charge in [0.15, 0.2) is 18.2 Å². The molecule has 0 aromatic heterocycles. The van der Waals surface area contributed by atoms with Crippen LogP contribution in [0.15, 0.2) is 42.5 Å². The Morgan fingerprint density at radius 3 is 2.55 bits per heavy atom. The van der Waals surface area contributed by atoms with Gasteiger partial charge < -0.3 is 20.3 Å². The lowest BCUT2D eigenvalue weighted by Crippen LogP contribution is -2.20. The number of amides is 1. The molecule has 0 atom stereocenters. The van der Waals surface area contributed by atoms with E-state index in [1.54, 1.807) is 6.07 Å². The number of carbonyl (C=O) groups excluding carboxylic acids is 1. The van der Waals surface area contributed by atoms with E-state index in [9.17, 15) is 19.1 Å². The standard InChI is InChI=1S/C15H12FNO5/c16-11-3-1-2-4-13(11)22-8-14(19)17-9-5-6-10(15(20)21)12(18)7-9/h1-7,18H,8H2,(H,17,19)(H,20,21). The fraction of sp³-hybridized carbons (Fsp3) is 0.0667. The van der Waals surface area contributed by atoms with E-state index < -0.39 is 30.1 Å². The van der Waals surface area contributed by atoms with Crippen molar-refractivity contribution in [3.8, 4) is 11.5 Å². The molecule has 2 aromatic rings. The van der Waals surface area contributed by atoms with Gasteiger partial charge in [0.05, 0.1) is 0 Å². The molecule has 0 aliphatic carbocycles. The van der Waals surface area contributed by atoms with E-state index in [1.807, 2.05) is 0 Å². The van der Waals surface area contributed by atoms with Gasteiger partial charge in [0, 0.05) is 11.8 Å². The van der Waals surface area contributed by atoms with Crippen LogP contribution in [-0.2, 0) is 4.79 Å². The van der Waals surface area contributed by atoms with Gasteiger partial charge in [-0.3, -0.25) is 4.79 Å². The highest BCUT2D eigenvalue weighted by Gasteiger charge is 2.11. The molecule has 22 heavy (non-hydrogen) atoms. The van der Waals surface area contributed by atoms with Gasteiger partial charge in [-0.05, 0) is 24.3 Å². The summed E-state index contributed by atoms with van der Waals surface area (Å²) in [7, 11) is 0. The number of benzene rings is 2. The quantitative estimate of drug-likeness (QED) is 0.787. The first kappa shape index (κ1) is 15.3. The third-order valence-electron chi connectivity index (χ3n) is 2.71. The average molecular weight is 305 g/mol. The van der Waals surface area contributed by atoms with Crippen LogP contribution in [0.3, 0.4) is 0 Å². The first-order chi connectivity index (χ1) is 10.5. The van der Waals surface area contributed by atoms with Crippen molar-refractivity contribution >= 4 is 17.6 Å². The van der Waals surface area contributed by atoms with Gasteiger partial charge in [0.1, 0.15) is 11.3 Å². The number of anilines is 1. The molecule has 0 bridgehead atoms. The number of carboxylic acids is 1. The van der Waals surface area contributed by atoms with Crippen molar-refractivity contribution in [3.63, 3.8) is 0 Å². The van der Waals surface area contributed by atoms with Crippen LogP contribution in [0, 0.1) is 5.82 Å². The summed E-state index contributed by atoms with van der Waals surface area (Å²) in [6.45, 7) is -0.428. The molecule has 0 aliphatic rings. The summed E-state index contributed by atoms with van der Waals surface area (Å²) in [5.74, 6) is -2.97. The van der Waals surface area contributed by atoms with Crippen molar-refractivity contribution in [3.05, 3.63) is 53.8 Å². The first-order valence-corrected chi connectivity index (χ1v) is 6.21. The van der Waals surface area contributed by atoms with Gasteiger partial charge in [0.2, 0.25) is 0 Å². The summed E-state index contributed by atoms with van der Waals surface area (Å²) in [5, 5.41) is 20.7. The molecule has 0 heterocycles. The molecule has 0 radical (unpaired) electrons. The highest BCUT2D eigenvalue weighted by atomic mass is 19.1. The van der Waals surface area contributed by atoms with E-state index in [2.05, 4.69) is 5.32 Å². The minimum atomic E-state index is -1.28. The molecule has 0 aliphatic heterocycles. The van der Waals surface area contributed by atoms with E-state index >= 15 is 0 Å². The van der Waals surface area contributed by atoms with Crippen LogP contribution in [0.4, 0.5) is 10.1 Å². The van der Waals surface area contributed by atoms with E-state index in [0.717, 1.165) is 12.1 Å². The van der Waals surface area contributed by atoms with Crippen molar-refractivity contribution in [1.29, 1.82) is 0 Å². The molecule has 3 N–H and O–H groups in total. The molecular weight excluding hydrogens is 293 g/mol. The van der Waals surface area contributed by atoms with Crippen LogP contribution in [0.1, 0.15) is 10.4 Å². The number of carbonyl (C=O) groups is 2. The van der Waals surface area contributed by atoms with Crippen molar-refractivity contribution < 1.29 is 28.9 Å². The second-order valence-corrected chi connectivity index (χ2v) is 4.30. The first-order valence-electron chi connectivity index (χ1n) is 6.21. The summed E-state index contributed by atoms with van der Waals surface area (Å²) in [6.07, 6.45) is 0. The summed E-state index contributed by atoms with van der Waals surface area (Å²) in [6, 6.07) is 9.24. The summed E-state index contributed by atoms with van der Waals surface area (Å²) < 4.78 is 18.3. The summed E-state index contributed by atoms with van der Waals surface area (Å²) in [5.41, 5.74) is -0.0785. The van der Waals surface area contributed by atoms with E-state index in [0.29, 0.717) is 0 Å².